The summed E-state index contributed by atoms with van der Waals surface area (Å²) in [7, 11) is 0. The first kappa shape index (κ1) is 16.9. The maximum Gasteiger partial charge on any atom is 0.348 e. The van der Waals surface area contributed by atoms with E-state index in [1.165, 1.54) is 6.07 Å². The molecule has 2 N–H and O–H groups in total. The molecular formula is C15H13N3O6. The Morgan fingerprint density at radius 2 is 1.67 bits per heavy atom. The second kappa shape index (κ2) is 7.18. The van der Waals surface area contributed by atoms with E-state index in [1.54, 1.807) is 30.3 Å². The molecule has 0 aromatic heterocycles. The molecule has 1 atom stereocenters. The second-order valence-corrected chi connectivity index (χ2v) is 4.94. The molecule has 24 heavy (non-hydrogen) atoms. The minimum absolute atomic E-state index is 0.121. The molecule has 0 radical (unpaired) electrons. The van der Waals surface area contributed by atoms with E-state index in [1.807, 2.05) is 0 Å². The van der Waals surface area contributed by atoms with Crippen LogP contribution in [0.4, 0.5) is 17.1 Å². The molecule has 0 saturated heterocycles. The SMILES string of the molecule is O=C(O)C(Cc1ccccc1)Nc1ccc([N+](=O)[O-])c([N+](=O)[O-])c1. The van der Waals surface area contributed by atoms with Crippen LogP contribution in [0.2, 0.25) is 0 Å². The monoisotopic (exact) mass is 331 g/mol. The highest BCUT2D eigenvalue weighted by atomic mass is 16.6. The molecule has 2 rings (SSSR count). The molecule has 0 aliphatic rings. The topological polar surface area (TPSA) is 136 Å². The number of hydrogen-bond acceptors (Lipinski definition) is 6. The first-order chi connectivity index (χ1) is 11.4. The van der Waals surface area contributed by atoms with Crippen molar-refractivity contribution >= 4 is 23.0 Å². The van der Waals surface area contributed by atoms with Gasteiger partial charge in [0.2, 0.25) is 0 Å². The molecule has 0 heterocycles. The Morgan fingerprint density at radius 1 is 1.04 bits per heavy atom. The zero-order chi connectivity index (χ0) is 17.7. The predicted molar refractivity (Wildman–Crippen MR) is 84.9 cm³/mol. The third kappa shape index (κ3) is 4.03. The fourth-order valence-corrected chi connectivity index (χ4v) is 2.16. The number of carboxylic acids is 1. The van der Waals surface area contributed by atoms with E-state index in [2.05, 4.69) is 5.32 Å². The first-order valence-electron chi connectivity index (χ1n) is 6.84. The zero-order valence-corrected chi connectivity index (χ0v) is 12.3. The van der Waals surface area contributed by atoms with Crippen molar-refractivity contribution in [1.29, 1.82) is 0 Å². The second-order valence-electron chi connectivity index (χ2n) is 4.94. The van der Waals surface area contributed by atoms with Gasteiger partial charge in [-0.3, -0.25) is 20.2 Å². The number of nitrogens with zero attached hydrogens (tertiary/aromatic N) is 2. The number of rotatable bonds is 7. The molecule has 0 bridgehead atoms. The van der Waals surface area contributed by atoms with Crippen LogP contribution in [0.25, 0.3) is 0 Å². The lowest BCUT2D eigenvalue weighted by Gasteiger charge is -2.15. The van der Waals surface area contributed by atoms with Crippen molar-refractivity contribution < 1.29 is 19.7 Å². The summed E-state index contributed by atoms with van der Waals surface area (Å²) in [6.45, 7) is 0. The van der Waals surface area contributed by atoms with Crippen LogP contribution in [0, 0.1) is 20.2 Å². The van der Waals surface area contributed by atoms with Crippen LogP contribution in [-0.4, -0.2) is 27.0 Å². The molecule has 0 spiro atoms. The number of nitrogens with one attached hydrogen (secondary N) is 1. The number of aliphatic carboxylic acids is 1. The Balaban J connectivity index is 2.26. The Labute approximate surface area is 135 Å². The van der Waals surface area contributed by atoms with Crippen LogP contribution in [0.1, 0.15) is 5.56 Å². The van der Waals surface area contributed by atoms with E-state index >= 15 is 0 Å². The minimum atomic E-state index is -1.14. The number of carboxylic acid groups (broad SMARTS) is 1. The van der Waals surface area contributed by atoms with E-state index in [0.717, 1.165) is 17.7 Å². The van der Waals surface area contributed by atoms with Crippen LogP contribution in [0.3, 0.4) is 0 Å². The van der Waals surface area contributed by atoms with Crippen molar-refractivity contribution in [1.82, 2.24) is 0 Å². The van der Waals surface area contributed by atoms with Gasteiger partial charge in [0.1, 0.15) is 6.04 Å². The van der Waals surface area contributed by atoms with Gasteiger partial charge in [0.15, 0.2) is 0 Å². The molecule has 0 aliphatic carbocycles. The predicted octanol–water partition coefficient (Wildman–Crippen LogP) is 2.61. The molecule has 9 nitrogen and oxygen atoms in total. The standard InChI is InChI=1S/C15H13N3O6/c19-15(20)12(8-10-4-2-1-3-5-10)16-11-6-7-13(17(21)22)14(9-11)18(23)24/h1-7,9,12,16H,8H2,(H,19,20). The summed E-state index contributed by atoms with van der Waals surface area (Å²) in [5, 5.41) is 33.7. The van der Waals surface area contributed by atoms with Crippen LogP contribution < -0.4 is 5.32 Å². The first-order valence-corrected chi connectivity index (χ1v) is 6.84. The van der Waals surface area contributed by atoms with Gasteiger partial charge < -0.3 is 10.4 Å². The van der Waals surface area contributed by atoms with Crippen molar-refractivity contribution in [2.24, 2.45) is 0 Å². The van der Waals surface area contributed by atoms with Crippen molar-refractivity contribution in [2.75, 3.05) is 5.32 Å². The van der Waals surface area contributed by atoms with Gasteiger partial charge in [-0.2, -0.15) is 0 Å². The summed E-state index contributed by atoms with van der Waals surface area (Å²) in [6.07, 6.45) is 0.154. The molecule has 0 aliphatic heterocycles. The van der Waals surface area contributed by atoms with Crippen LogP contribution >= 0.6 is 0 Å². The third-order valence-electron chi connectivity index (χ3n) is 3.29. The van der Waals surface area contributed by atoms with E-state index in [0.29, 0.717) is 0 Å². The average Bonchev–Trinajstić information content (AvgIpc) is 2.54. The van der Waals surface area contributed by atoms with Crippen LogP contribution in [0.5, 0.6) is 0 Å². The molecule has 0 fully saturated rings. The minimum Gasteiger partial charge on any atom is -0.480 e. The number of anilines is 1. The maximum atomic E-state index is 11.4. The van der Waals surface area contributed by atoms with Gasteiger partial charge in [-0.25, -0.2) is 4.79 Å². The molecule has 0 amide bonds. The van der Waals surface area contributed by atoms with Crippen LogP contribution in [0.15, 0.2) is 48.5 Å². The van der Waals surface area contributed by atoms with E-state index in [4.69, 9.17) is 0 Å². The fraction of sp³-hybridized carbons (Fsp3) is 0.133. The average molecular weight is 331 g/mol. The number of nitro groups is 2. The summed E-state index contributed by atoms with van der Waals surface area (Å²) < 4.78 is 0. The molecular weight excluding hydrogens is 318 g/mol. The van der Waals surface area contributed by atoms with Gasteiger partial charge >= 0.3 is 17.3 Å². The fourth-order valence-electron chi connectivity index (χ4n) is 2.16. The smallest absolute Gasteiger partial charge is 0.348 e. The van der Waals surface area contributed by atoms with E-state index in [9.17, 15) is 30.1 Å². The van der Waals surface area contributed by atoms with Crippen molar-refractivity contribution in [3.8, 4) is 0 Å². The third-order valence-corrected chi connectivity index (χ3v) is 3.29. The summed E-state index contributed by atoms with van der Waals surface area (Å²) in [5.74, 6) is -1.14. The number of benzene rings is 2. The highest BCUT2D eigenvalue weighted by molar-refractivity contribution is 5.78. The number of nitro benzene ring substituents is 2. The largest absolute Gasteiger partial charge is 0.480 e. The Bertz CT molecular complexity index is 778. The Hall–Kier alpha value is -3.49. The summed E-state index contributed by atoms with van der Waals surface area (Å²) in [4.78, 5) is 31.4. The Kier molecular flexibility index (Phi) is 5.05. The molecule has 0 saturated carbocycles. The van der Waals surface area contributed by atoms with Crippen molar-refractivity contribution in [3.05, 3.63) is 74.3 Å². The highest BCUT2D eigenvalue weighted by Gasteiger charge is 2.25. The lowest BCUT2D eigenvalue weighted by atomic mass is 10.1. The number of hydrogen-bond donors (Lipinski definition) is 2. The summed E-state index contributed by atoms with van der Waals surface area (Å²) >= 11 is 0. The Morgan fingerprint density at radius 3 is 2.21 bits per heavy atom. The van der Waals surface area contributed by atoms with Gasteiger partial charge in [0, 0.05) is 24.2 Å². The quantitative estimate of drug-likeness (QED) is 0.588. The lowest BCUT2D eigenvalue weighted by molar-refractivity contribution is -0.422. The highest BCUT2D eigenvalue weighted by Crippen LogP contribution is 2.30. The zero-order valence-electron chi connectivity index (χ0n) is 12.3. The normalized spacial score (nSPS) is 11.5. The van der Waals surface area contributed by atoms with Gasteiger partial charge in [0.25, 0.3) is 0 Å². The molecule has 2 aromatic rings. The number of carbonyl (C=O) groups is 1. The summed E-state index contributed by atoms with van der Waals surface area (Å²) in [6, 6.07) is 11.0. The molecule has 9 heteroatoms. The van der Waals surface area contributed by atoms with Gasteiger partial charge in [0.05, 0.1) is 9.85 Å². The summed E-state index contributed by atoms with van der Waals surface area (Å²) in [5.41, 5.74) is -0.459. The van der Waals surface area contributed by atoms with E-state index in [-0.39, 0.29) is 12.1 Å². The maximum absolute atomic E-state index is 11.4. The van der Waals surface area contributed by atoms with Crippen molar-refractivity contribution in [2.45, 2.75) is 12.5 Å². The van der Waals surface area contributed by atoms with Gasteiger partial charge in [-0.05, 0) is 11.6 Å². The molecule has 124 valence electrons. The van der Waals surface area contributed by atoms with Crippen LogP contribution in [-0.2, 0) is 11.2 Å². The lowest BCUT2D eigenvalue weighted by Crippen LogP contribution is -2.31. The molecule has 2 aromatic carbocycles. The van der Waals surface area contributed by atoms with E-state index < -0.39 is 33.2 Å². The molecule has 1 unspecified atom stereocenters. The van der Waals surface area contributed by atoms with Gasteiger partial charge in [-0.1, -0.05) is 30.3 Å². The van der Waals surface area contributed by atoms with Crippen molar-refractivity contribution in [3.63, 3.8) is 0 Å². The van der Waals surface area contributed by atoms with Gasteiger partial charge in [-0.15, -0.1) is 0 Å².